The molecule has 128 valence electrons. The zero-order valence-corrected chi connectivity index (χ0v) is 13.5. The highest BCUT2D eigenvalue weighted by atomic mass is 16.7. The zero-order valence-electron chi connectivity index (χ0n) is 13.5. The SMILES string of the molecule is CCNC(=NCc1ccc2c(c1)OCO2)NCC(O)c1ccco1. The second-order valence-corrected chi connectivity index (χ2v) is 5.29. The molecule has 1 aromatic heterocycles. The first-order valence-corrected chi connectivity index (χ1v) is 7.88. The van der Waals surface area contributed by atoms with Crippen molar-refractivity contribution in [3.63, 3.8) is 0 Å². The largest absolute Gasteiger partial charge is 0.467 e. The molecule has 0 saturated heterocycles. The van der Waals surface area contributed by atoms with Gasteiger partial charge in [-0.05, 0) is 36.8 Å². The first-order chi connectivity index (χ1) is 11.8. The summed E-state index contributed by atoms with van der Waals surface area (Å²) in [7, 11) is 0. The summed E-state index contributed by atoms with van der Waals surface area (Å²) in [6, 6.07) is 9.25. The molecule has 2 aromatic rings. The number of nitrogens with zero attached hydrogens (tertiary/aromatic N) is 1. The van der Waals surface area contributed by atoms with E-state index in [1.165, 1.54) is 6.26 Å². The minimum atomic E-state index is -0.727. The molecule has 3 rings (SSSR count). The van der Waals surface area contributed by atoms with Crippen LogP contribution in [-0.4, -0.2) is 30.9 Å². The summed E-state index contributed by atoms with van der Waals surface area (Å²) in [4.78, 5) is 4.52. The summed E-state index contributed by atoms with van der Waals surface area (Å²) < 4.78 is 15.9. The number of aliphatic hydroxyl groups excluding tert-OH is 1. The van der Waals surface area contributed by atoms with Crippen molar-refractivity contribution < 1.29 is 19.0 Å². The number of aliphatic imine (C=N–C) groups is 1. The number of nitrogens with one attached hydrogen (secondary N) is 2. The van der Waals surface area contributed by atoms with Crippen LogP contribution in [0.25, 0.3) is 0 Å². The molecule has 2 heterocycles. The van der Waals surface area contributed by atoms with E-state index in [1.54, 1.807) is 12.1 Å². The van der Waals surface area contributed by atoms with Crippen molar-refractivity contribution in [1.29, 1.82) is 0 Å². The lowest BCUT2D eigenvalue weighted by Crippen LogP contribution is -2.39. The maximum absolute atomic E-state index is 10.0. The van der Waals surface area contributed by atoms with E-state index in [9.17, 15) is 5.11 Å². The summed E-state index contributed by atoms with van der Waals surface area (Å²) in [6.07, 6.45) is 0.812. The molecular formula is C17H21N3O4. The Labute approximate surface area is 140 Å². The Kier molecular flexibility index (Phi) is 5.22. The number of rotatable bonds is 6. The molecule has 0 saturated carbocycles. The minimum Gasteiger partial charge on any atom is -0.467 e. The third-order valence-electron chi connectivity index (χ3n) is 3.54. The van der Waals surface area contributed by atoms with Crippen molar-refractivity contribution >= 4 is 5.96 Å². The fraction of sp³-hybridized carbons (Fsp3) is 0.353. The van der Waals surface area contributed by atoms with Gasteiger partial charge >= 0.3 is 0 Å². The number of guanidine groups is 1. The van der Waals surface area contributed by atoms with Crippen LogP contribution >= 0.6 is 0 Å². The van der Waals surface area contributed by atoms with Crippen LogP contribution in [0.5, 0.6) is 11.5 Å². The smallest absolute Gasteiger partial charge is 0.231 e. The molecule has 0 aliphatic carbocycles. The monoisotopic (exact) mass is 331 g/mol. The fourth-order valence-corrected chi connectivity index (χ4v) is 2.33. The summed E-state index contributed by atoms with van der Waals surface area (Å²) in [5, 5.41) is 16.3. The van der Waals surface area contributed by atoms with E-state index in [-0.39, 0.29) is 6.79 Å². The molecule has 0 fully saturated rings. The van der Waals surface area contributed by atoms with Crippen LogP contribution in [0.4, 0.5) is 0 Å². The summed E-state index contributed by atoms with van der Waals surface area (Å²) >= 11 is 0. The van der Waals surface area contributed by atoms with E-state index >= 15 is 0 Å². The highest BCUT2D eigenvalue weighted by molar-refractivity contribution is 5.79. The van der Waals surface area contributed by atoms with Crippen LogP contribution < -0.4 is 20.1 Å². The van der Waals surface area contributed by atoms with Gasteiger partial charge in [-0.2, -0.15) is 0 Å². The molecule has 0 radical (unpaired) electrons. The Morgan fingerprint density at radius 2 is 2.12 bits per heavy atom. The number of hydrogen-bond donors (Lipinski definition) is 3. The Morgan fingerprint density at radius 3 is 2.92 bits per heavy atom. The lowest BCUT2D eigenvalue weighted by atomic mass is 10.2. The van der Waals surface area contributed by atoms with Crippen molar-refractivity contribution in [3.05, 3.63) is 47.9 Å². The third kappa shape index (κ3) is 3.99. The van der Waals surface area contributed by atoms with Crippen LogP contribution in [0, 0.1) is 0 Å². The highest BCUT2D eigenvalue weighted by Crippen LogP contribution is 2.32. The van der Waals surface area contributed by atoms with Crippen molar-refractivity contribution in [2.75, 3.05) is 19.9 Å². The van der Waals surface area contributed by atoms with E-state index < -0.39 is 6.10 Å². The normalized spacial score (nSPS) is 14.5. The number of furan rings is 1. The molecule has 1 aromatic carbocycles. The van der Waals surface area contributed by atoms with Gasteiger partial charge in [-0.15, -0.1) is 0 Å². The van der Waals surface area contributed by atoms with Gasteiger partial charge in [0.2, 0.25) is 6.79 Å². The van der Waals surface area contributed by atoms with E-state index in [2.05, 4.69) is 15.6 Å². The molecule has 7 nitrogen and oxygen atoms in total. The van der Waals surface area contributed by atoms with Gasteiger partial charge in [-0.3, -0.25) is 0 Å². The number of hydrogen-bond acceptors (Lipinski definition) is 5. The third-order valence-corrected chi connectivity index (χ3v) is 3.54. The highest BCUT2D eigenvalue weighted by Gasteiger charge is 2.13. The number of ether oxygens (including phenoxy) is 2. The van der Waals surface area contributed by atoms with Crippen LogP contribution in [-0.2, 0) is 6.54 Å². The molecule has 1 unspecified atom stereocenters. The second-order valence-electron chi connectivity index (χ2n) is 5.29. The standard InChI is InChI=1S/C17H21N3O4/c1-2-18-17(20-10-13(21)14-4-3-7-22-14)19-9-12-5-6-15-16(8-12)24-11-23-15/h3-8,13,21H,2,9-11H2,1H3,(H2,18,19,20). The molecule has 0 spiro atoms. The second kappa shape index (κ2) is 7.74. The predicted molar refractivity (Wildman–Crippen MR) is 89.1 cm³/mol. The molecule has 0 amide bonds. The van der Waals surface area contributed by atoms with Gasteiger partial charge in [0.15, 0.2) is 17.5 Å². The molecule has 1 aliphatic rings. The van der Waals surface area contributed by atoms with Gasteiger partial charge in [-0.1, -0.05) is 6.07 Å². The number of benzene rings is 1. The molecule has 1 atom stereocenters. The van der Waals surface area contributed by atoms with Crippen LogP contribution in [0.3, 0.4) is 0 Å². The zero-order chi connectivity index (χ0) is 16.8. The van der Waals surface area contributed by atoms with Crippen molar-refractivity contribution in [3.8, 4) is 11.5 Å². The van der Waals surface area contributed by atoms with E-state index in [0.29, 0.717) is 24.8 Å². The molecule has 24 heavy (non-hydrogen) atoms. The van der Waals surface area contributed by atoms with Crippen molar-refractivity contribution in [2.24, 2.45) is 4.99 Å². The first kappa shape index (κ1) is 16.2. The van der Waals surface area contributed by atoms with E-state index in [4.69, 9.17) is 13.9 Å². The van der Waals surface area contributed by atoms with Crippen LogP contribution in [0.1, 0.15) is 24.4 Å². The van der Waals surface area contributed by atoms with Crippen molar-refractivity contribution in [1.82, 2.24) is 10.6 Å². The van der Waals surface area contributed by atoms with E-state index in [0.717, 1.165) is 23.6 Å². The molecule has 3 N–H and O–H groups in total. The molecular weight excluding hydrogens is 310 g/mol. The lowest BCUT2D eigenvalue weighted by molar-refractivity contribution is 0.153. The Balaban J connectivity index is 1.59. The average Bonchev–Trinajstić information content (AvgIpc) is 3.27. The molecule has 7 heteroatoms. The average molecular weight is 331 g/mol. The van der Waals surface area contributed by atoms with Crippen LogP contribution in [0.2, 0.25) is 0 Å². The van der Waals surface area contributed by atoms with Gasteiger partial charge in [-0.25, -0.2) is 4.99 Å². The van der Waals surface area contributed by atoms with Crippen molar-refractivity contribution in [2.45, 2.75) is 19.6 Å². The van der Waals surface area contributed by atoms with E-state index in [1.807, 2.05) is 25.1 Å². The number of aliphatic hydroxyl groups is 1. The lowest BCUT2D eigenvalue weighted by Gasteiger charge is -2.14. The quantitative estimate of drug-likeness (QED) is 0.552. The van der Waals surface area contributed by atoms with Crippen LogP contribution in [0.15, 0.2) is 46.0 Å². The first-order valence-electron chi connectivity index (χ1n) is 7.88. The summed E-state index contributed by atoms with van der Waals surface area (Å²) in [5.41, 5.74) is 1.02. The van der Waals surface area contributed by atoms with Gasteiger partial charge < -0.3 is 29.6 Å². The molecule has 1 aliphatic heterocycles. The van der Waals surface area contributed by atoms with Gasteiger partial charge in [0, 0.05) is 6.54 Å². The Bertz CT molecular complexity index is 685. The molecule has 0 bridgehead atoms. The summed E-state index contributed by atoms with van der Waals surface area (Å²) in [6.45, 7) is 3.77. The van der Waals surface area contributed by atoms with Gasteiger partial charge in [0.1, 0.15) is 11.9 Å². The number of fused-ring (bicyclic) bond motifs is 1. The Hall–Kier alpha value is -2.67. The van der Waals surface area contributed by atoms with Gasteiger partial charge in [0.25, 0.3) is 0 Å². The van der Waals surface area contributed by atoms with Gasteiger partial charge in [0.05, 0.1) is 19.4 Å². The maximum atomic E-state index is 10.0. The minimum absolute atomic E-state index is 0.261. The maximum Gasteiger partial charge on any atom is 0.231 e. The fourth-order valence-electron chi connectivity index (χ4n) is 2.33. The summed E-state index contributed by atoms with van der Waals surface area (Å²) in [5.74, 6) is 2.65. The topological polar surface area (TPSA) is 88.3 Å². The Morgan fingerprint density at radius 1 is 1.25 bits per heavy atom. The predicted octanol–water partition coefficient (Wildman–Crippen LogP) is 1.80.